The molecule has 2 rings (SSSR count). The summed E-state index contributed by atoms with van der Waals surface area (Å²) in [5, 5.41) is 3.61. The van der Waals surface area contributed by atoms with Gasteiger partial charge in [-0.1, -0.05) is 26.2 Å². The fraction of sp³-hybridized carbons (Fsp3) is 1.00. The van der Waals surface area contributed by atoms with Crippen molar-refractivity contribution in [2.24, 2.45) is 0 Å². The van der Waals surface area contributed by atoms with Gasteiger partial charge in [-0.3, -0.25) is 4.90 Å². The number of likely N-dealkylation sites (N-methyl/N-ethyl adjacent to an activating group) is 2. The minimum atomic E-state index is 0.708. The van der Waals surface area contributed by atoms with Crippen LogP contribution in [-0.4, -0.2) is 61.7 Å². The van der Waals surface area contributed by atoms with Crippen LogP contribution in [0.1, 0.15) is 51.9 Å². The highest BCUT2D eigenvalue weighted by molar-refractivity contribution is 4.91. The zero-order chi connectivity index (χ0) is 13.7. The Bertz CT molecular complexity index is 256. The van der Waals surface area contributed by atoms with Gasteiger partial charge in [-0.15, -0.1) is 0 Å². The van der Waals surface area contributed by atoms with Gasteiger partial charge in [0.05, 0.1) is 0 Å². The molecule has 0 aromatic rings. The molecule has 2 aliphatic rings. The standard InChI is InChI=1S/C16H33N3/c1-4-14-13-18(3)11-8-12-19(14)16-10-7-5-6-9-15(16)17-2/h14-17H,4-13H2,1-3H3. The van der Waals surface area contributed by atoms with E-state index < -0.39 is 0 Å². The molecule has 0 bridgehead atoms. The SMILES string of the molecule is CCC1CN(C)CCCN1C1CCCCCC1NC. The molecule has 2 fully saturated rings. The third kappa shape index (κ3) is 3.93. The van der Waals surface area contributed by atoms with Gasteiger partial charge in [-0.25, -0.2) is 0 Å². The smallest absolute Gasteiger partial charge is 0.0252 e. The number of hydrogen-bond donors (Lipinski definition) is 1. The summed E-state index contributed by atoms with van der Waals surface area (Å²) in [6.45, 7) is 6.18. The average Bonchev–Trinajstić information content (AvgIpc) is 2.75. The lowest BCUT2D eigenvalue weighted by Crippen LogP contribution is -2.53. The van der Waals surface area contributed by atoms with Crippen LogP contribution in [0, 0.1) is 0 Å². The first kappa shape index (κ1) is 15.3. The van der Waals surface area contributed by atoms with Crippen LogP contribution < -0.4 is 5.32 Å². The summed E-state index contributed by atoms with van der Waals surface area (Å²) < 4.78 is 0. The van der Waals surface area contributed by atoms with Crippen LogP contribution >= 0.6 is 0 Å². The van der Waals surface area contributed by atoms with Gasteiger partial charge < -0.3 is 10.2 Å². The lowest BCUT2D eigenvalue weighted by molar-refractivity contribution is 0.0972. The minimum absolute atomic E-state index is 0.708. The molecule has 0 amide bonds. The molecule has 1 saturated heterocycles. The van der Waals surface area contributed by atoms with Gasteiger partial charge in [0.1, 0.15) is 0 Å². The normalized spacial score (nSPS) is 35.8. The molecular formula is C16H33N3. The zero-order valence-electron chi connectivity index (χ0n) is 13.2. The number of hydrogen-bond acceptors (Lipinski definition) is 3. The molecule has 19 heavy (non-hydrogen) atoms. The van der Waals surface area contributed by atoms with Gasteiger partial charge >= 0.3 is 0 Å². The molecule has 1 heterocycles. The van der Waals surface area contributed by atoms with E-state index in [9.17, 15) is 0 Å². The maximum Gasteiger partial charge on any atom is 0.0252 e. The molecule has 0 radical (unpaired) electrons. The van der Waals surface area contributed by atoms with Crippen LogP contribution in [0.4, 0.5) is 0 Å². The monoisotopic (exact) mass is 267 g/mol. The van der Waals surface area contributed by atoms with E-state index in [1.54, 1.807) is 0 Å². The van der Waals surface area contributed by atoms with Crippen molar-refractivity contribution in [3.8, 4) is 0 Å². The first-order chi connectivity index (χ1) is 9.26. The molecule has 3 nitrogen and oxygen atoms in total. The Balaban J connectivity index is 2.10. The summed E-state index contributed by atoms with van der Waals surface area (Å²) in [7, 11) is 4.45. The van der Waals surface area contributed by atoms with Crippen LogP contribution in [-0.2, 0) is 0 Å². The number of rotatable bonds is 3. The topological polar surface area (TPSA) is 18.5 Å². The van der Waals surface area contributed by atoms with Crippen molar-refractivity contribution >= 4 is 0 Å². The van der Waals surface area contributed by atoms with Crippen LogP contribution in [0.3, 0.4) is 0 Å². The van der Waals surface area contributed by atoms with E-state index in [0.29, 0.717) is 6.04 Å². The highest BCUT2D eigenvalue weighted by atomic mass is 15.3. The summed E-state index contributed by atoms with van der Waals surface area (Å²) in [4.78, 5) is 5.38. The second-order valence-corrected chi connectivity index (χ2v) is 6.52. The Morgan fingerprint density at radius 2 is 1.84 bits per heavy atom. The largest absolute Gasteiger partial charge is 0.315 e. The molecule has 3 atom stereocenters. The van der Waals surface area contributed by atoms with Crippen molar-refractivity contribution in [2.45, 2.75) is 70.0 Å². The predicted octanol–water partition coefficient (Wildman–Crippen LogP) is 2.32. The molecule has 0 aromatic carbocycles. The Labute approximate surface area is 119 Å². The Kier molecular flexibility index (Phi) is 6.11. The molecule has 1 saturated carbocycles. The van der Waals surface area contributed by atoms with E-state index in [2.05, 4.69) is 36.1 Å². The van der Waals surface area contributed by atoms with Gasteiger partial charge in [-0.2, -0.15) is 0 Å². The summed E-state index contributed by atoms with van der Waals surface area (Å²) in [5.74, 6) is 0. The van der Waals surface area contributed by atoms with Gasteiger partial charge in [0.25, 0.3) is 0 Å². The third-order valence-corrected chi connectivity index (χ3v) is 5.20. The Morgan fingerprint density at radius 1 is 1.05 bits per heavy atom. The number of nitrogens with zero attached hydrogens (tertiary/aromatic N) is 2. The number of nitrogens with one attached hydrogen (secondary N) is 1. The van der Waals surface area contributed by atoms with E-state index in [4.69, 9.17) is 0 Å². The second kappa shape index (κ2) is 7.61. The predicted molar refractivity (Wildman–Crippen MR) is 82.6 cm³/mol. The van der Waals surface area contributed by atoms with E-state index in [0.717, 1.165) is 12.1 Å². The lowest BCUT2D eigenvalue weighted by Gasteiger charge is -2.40. The van der Waals surface area contributed by atoms with Crippen molar-refractivity contribution in [2.75, 3.05) is 33.7 Å². The van der Waals surface area contributed by atoms with Crippen molar-refractivity contribution < 1.29 is 0 Å². The summed E-state index contributed by atoms with van der Waals surface area (Å²) in [5.41, 5.74) is 0. The van der Waals surface area contributed by atoms with E-state index in [1.807, 2.05) is 0 Å². The van der Waals surface area contributed by atoms with Crippen LogP contribution in [0.5, 0.6) is 0 Å². The summed E-state index contributed by atoms with van der Waals surface area (Å²) in [6.07, 6.45) is 9.64. The van der Waals surface area contributed by atoms with Crippen LogP contribution in [0.25, 0.3) is 0 Å². The molecular weight excluding hydrogens is 234 g/mol. The fourth-order valence-electron chi connectivity index (χ4n) is 4.08. The zero-order valence-corrected chi connectivity index (χ0v) is 13.2. The van der Waals surface area contributed by atoms with Crippen molar-refractivity contribution in [3.63, 3.8) is 0 Å². The quantitative estimate of drug-likeness (QED) is 0.792. The Morgan fingerprint density at radius 3 is 2.58 bits per heavy atom. The lowest BCUT2D eigenvalue weighted by atomic mass is 9.98. The van der Waals surface area contributed by atoms with E-state index >= 15 is 0 Å². The molecule has 112 valence electrons. The van der Waals surface area contributed by atoms with Gasteiger partial charge in [0.15, 0.2) is 0 Å². The fourth-order valence-corrected chi connectivity index (χ4v) is 4.08. The first-order valence-corrected chi connectivity index (χ1v) is 8.37. The van der Waals surface area contributed by atoms with Gasteiger partial charge in [-0.05, 0) is 46.3 Å². The van der Waals surface area contributed by atoms with Gasteiger partial charge in [0, 0.05) is 31.2 Å². The third-order valence-electron chi connectivity index (χ3n) is 5.20. The van der Waals surface area contributed by atoms with Gasteiger partial charge in [0.2, 0.25) is 0 Å². The van der Waals surface area contributed by atoms with Crippen molar-refractivity contribution in [1.29, 1.82) is 0 Å². The molecule has 0 aromatic heterocycles. The second-order valence-electron chi connectivity index (χ2n) is 6.52. The molecule has 3 unspecified atom stereocenters. The minimum Gasteiger partial charge on any atom is -0.315 e. The van der Waals surface area contributed by atoms with Crippen molar-refractivity contribution in [1.82, 2.24) is 15.1 Å². The molecule has 1 aliphatic heterocycles. The molecule has 1 N–H and O–H groups in total. The molecule has 1 aliphatic carbocycles. The highest BCUT2D eigenvalue weighted by Crippen LogP contribution is 2.26. The van der Waals surface area contributed by atoms with Crippen LogP contribution in [0.2, 0.25) is 0 Å². The van der Waals surface area contributed by atoms with Crippen LogP contribution in [0.15, 0.2) is 0 Å². The van der Waals surface area contributed by atoms with Crippen molar-refractivity contribution in [3.05, 3.63) is 0 Å². The average molecular weight is 267 g/mol. The van der Waals surface area contributed by atoms with E-state index in [-0.39, 0.29) is 0 Å². The highest BCUT2D eigenvalue weighted by Gasteiger charge is 2.33. The molecule has 0 spiro atoms. The Hall–Kier alpha value is -0.120. The maximum absolute atomic E-state index is 3.61. The summed E-state index contributed by atoms with van der Waals surface area (Å²) >= 11 is 0. The molecule has 3 heteroatoms. The first-order valence-electron chi connectivity index (χ1n) is 8.37. The van der Waals surface area contributed by atoms with E-state index in [1.165, 1.54) is 64.6 Å². The maximum atomic E-state index is 3.61. The summed E-state index contributed by atoms with van der Waals surface area (Å²) in [6, 6.07) is 2.23.